The molecule has 2 aromatic carbocycles. The third-order valence-electron chi connectivity index (χ3n) is 9.00. The van der Waals surface area contributed by atoms with Gasteiger partial charge in [0.05, 0.1) is 19.3 Å². The van der Waals surface area contributed by atoms with E-state index in [-0.39, 0.29) is 23.2 Å². The summed E-state index contributed by atoms with van der Waals surface area (Å²) >= 11 is 1.32. The number of esters is 1. The first kappa shape index (κ1) is 31.3. The second-order valence-corrected chi connectivity index (χ2v) is 12.8. The normalized spacial score (nSPS) is 18.2. The summed E-state index contributed by atoms with van der Waals surface area (Å²) in [7, 11) is 1.42. The molecule has 43 heavy (non-hydrogen) atoms. The molecule has 2 aliphatic heterocycles. The molecule has 0 unspecified atom stereocenters. The monoisotopic (exact) mass is 608 g/mol. The quantitative estimate of drug-likeness (QED) is 0.188. The zero-order valence-corrected chi connectivity index (χ0v) is 26.2. The van der Waals surface area contributed by atoms with Crippen LogP contribution in [0.2, 0.25) is 0 Å². The number of anilines is 1. The maximum absolute atomic E-state index is 13.2. The van der Waals surface area contributed by atoms with E-state index in [0.29, 0.717) is 43.2 Å². The molecule has 0 atom stereocenters. The summed E-state index contributed by atoms with van der Waals surface area (Å²) in [6.07, 6.45) is 6.49. The second kappa shape index (κ2) is 14.1. The van der Waals surface area contributed by atoms with Gasteiger partial charge in [0, 0.05) is 48.6 Å². The zero-order valence-electron chi connectivity index (χ0n) is 25.4. The molecule has 10 heteroatoms. The fourth-order valence-corrected chi connectivity index (χ4v) is 6.75. The van der Waals surface area contributed by atoms with E-state index in [1.807, 2.05) is 30.0 Å². The van der Waals surface area contributed by atoms with E-state index in [9.17, 15) is 14.4 Å². The number of ether oxygens (including phenoxy) is 2. The van der Waals surface area contributed by atoms with E-state index in [0.717, 1.165) is 86.5 Å². The van der Waals surface area contributed by atoms with Crippen LogP contribution in [-0.2, 0) is 16.1 Å². The van der Waals surface area contributed by atoms with Gasteiger partial charge in [0.2, 0.25) is 5.91 Å². The highest BCUT2D eigenvalue weighted by molar-refractivity contribution is 7.97. The Morgan fingerprint density at radius 2 is 1.86 bits per heavy atom. The highest BCUT2D eigenvalue weighted by Gasteiger charge is 2.45. The molecule has 1 aliphatic carbocycles. The first-order valence-electron chi connectivity index (χ1n) is 15.5. The first-order valence-corrected chi connectivity index (χ1v) is 16.5. The van der Waals surface area contributed by atoms with Crippen LogP contribution in [0.25, 0.3) is 0 Å². The average Bonchev–Trinajstić information content (AvgIpc) is 3.82. The number of carbonyl (C=O) groups excluding carboxylic acids is 3. The van der Waals surface area contributed by atoms with Gasteiger partial charge in [-0.15, -0.1) is 0 Å². The number of piperidine rings is 1. The predicted octanol–water partition coefficient (Wildman–Crippen LogP) is 4.89. The molecule has 3 N–H and O–H groups in total. The van der Waals surface area contributed by atoms with Crippen LogP contribution in [-0.4, -0.2) is 68.3 Å². The van der Waals surface area contributed by atoms with Crippen molar-refractivity contribution >= 4 is 35.4 Å². The molecular weight excluding hydrogens is 564 g/mol. The number of nitrogens with two attached hydrogens (primary N) is 1. The second-order valence-electron chi connectivity index (χ2n) is 12.1. The number of rotatable bonds is 13. The van der Waals surface area contributed by atoms with Crippen molar-refractivity contribution in [2.24, 2.45) is 10.6 Å². The predicted molar refractivity (Wildman–Crippen MR) is 169 cm³/mol. The minimum atomic E-state index is -0.309. The number of likely N-dealkylation sites (tertiary alicyclic amines) is 1. The molecule has 5 rings (SSSR count). The molecular formula is C33H44N4O5S. The molecule has 1 saturated carbocycles. The van der Waals surface area contributed by atoms with Gasteiger partial charge in [-0.3, -0.25) is 19.6 Å². The molecule has 2 aromatic rings. The van der Waals surface area contributed by atoms with Crippen molar-refractivity contribution in [1.82, 2.24) is 10.2 Å². The van der Waals surface area contributed by atoms with Gasteiger partial charge in [0.25, 0.3) is 5.91 Å². The van der Waals surface area contributed by atoms with Crippen molar-refractivity contribution in [2.45, 2.75) is 64.3 Å². The van der Waals surface area contributed by atoms with Crippen LogP contribution in [0.15, 0.2) is 36.4 Å². The molecule has 2 amide bonds. The van der Waals surface area contributed by atoms with Crippen molar-refractivity contribution in [3.8, 4) is 5.75 Å². The largest absolute Gasteiger partial charge is 0.494 e. The Balaban J connectivity index is 1.19. The number of benzene rings is 2. The van der Waals surface area contributed by atoms with Gasteiger partial charge < -0.3 is 19.7 Å². The SMILES string of the molecule is CCOc1cc(C(=O)OC)c(C2CC2)cc1CN1CCC2(CC1)CC(=O)N(c1ccc(C(=O)NCCCCSN)cc1)C2. The van der Waals surface area contributed by atoms with Crippen molar-refractivity contribution < 1.29 is 23.9 Å². The Kier molecular flexibility index (Phi) is 10.3. The molecule has 0 bridgehead atoms. The standard InChI is InChI=1S/C33H44N4O5S/c1-3-42-29-19-28(32(40)41-2)27(23-6-7-23)18-25(29)21-36-15-12-33(13-16-36)20-30(38)37(22-33)26-10-8-24(9-11-26)31(39)35-14-4-5-17-43-34/h8-11,18-19,23H,3-7,12-17,20-22,34H2,1-2H3,(H,35,39). The first-order chi connectivity index (χ1) is 20.9. The lowest BCUT2D eigenvalue weighted by Gasteiger charge is -2.39. The van der Waals surface area contributed by atoms with Gasteiger partial charge in [-0.2, -0.15) is 0 Å². The number of amides is 2. The summed E-state index contributed by atoms with van der Waals surface area (Å²) in [5.74, 6) is 1.79. The van der Waals surface area contributed by atoms with Gasteiger partial charge in [0.1, 0.15) is 5.75 Å². The topological polar surface area (TPSA) is 114 Å². The Morgan fingerprint density at radius 1 is 1.12 bits per heavy atom. The number of nitrogens with zero attached hydrogens (tertiary/aromatic N) is 2. The molecule has 0 radical (unpaired) electrons. The average molecular weight is 609 g/mol. The summed E-state index contributed by atoms with van der Waals surface area (Å²) in [6, 6.07) is 11.4. The van der Waals surface area contributed by atoms with Crippen LogP contribution in [0, 0.1) is 5.41 Å². The molecule has 2 saturated heterocycles. The number of hydrogen-bond acceptors (Lipinski definition) is 8. The molecule has 9 nitrogen and oxygen atoms in total. The van der Waals surface area contributed by atoms with Gasteiger partial charge in [-0.05, 0) is 112 Å². The molecule has 0 aromatic heterocycles. The fourth-order valence-electron chi connectivity index (χ4n) is 6.38. The van der Waals surface area contributed by atoms with Crippen LogP contribution < -0.4 is 20.1 Å². The van der Waals surface area contributed by atoms with Gasteiger partial charge in [-0.25, -0.2) is 4.79 Å². The van der Waals surface area contributed by atoms with Crippen molar-refractivity contribution in [2.75, 3.05) is 50.5 Å². The Hall–Kier alpha value is -3.08. The molecule has 1 spiro atoms. The van der Waals surface area contributed by atoms with Crippen molar-refractivity contribution in [3.05, 3.63) is 58.7 Å². The number of methoxy groups -OCH3 is 1. The van der Waals surface area contributed by atoms with E-state index < -0.39 is 0 Å². The molecule has 3 fully saturated rings. The van der Waals surface area contributed by atoms with Crippen molar-refractivity contribution in [1.29, 1.82) is 0 Å². The van der Waals surface area contributed by atoms with Gasteiger partial charge in [-0.1, -0.05) is 11.9 Å². The lowest BCUT2D eigenvalue weighted by molar-refractivity contribution is -0.118. The molecule has 2 heterocycles. The third kappa shape index (κ3) is 7.53. The summed E-state index contributed by atoms with van der Waals surface area (Å²) in [4.78, 5) is 42.5. The van der Waals surface area contributed by atoms with Crippen LogP contribution in [0.3, 0.4) is 0 Å². The van der Waals surface area contributed by atoms with Crippen LogP contribution in [0.4, 0.5) is 5.69 Å². The highest BCUT2D eigenvalue weighted by atomic mass is 32.2. The third-order valence-corrected chi connectivity index (χ3v) is 9.53. The highest BCUT2D eigenvalue weighted by Crippen LogP contribution is 2.45. The van der Waals surface area contributed by atoms with Gasteiger partial charge >= 0.3 is 5.97 Å². The summed E-state index contributed by atoms with van der Waals surface area (Å²) in [5.41, 5.74) is 4.20. The fraction of sp³-hybridized carbons (Fsp3) is 0.545. The van der Waals surface area contributed by atoms with Crippen molar-refractivity contribution in [3.63, 3.8) is 0 Å². The minimum Gasteiger partial charge on any atom is -0.494 e. The lowest BCUT2D eigenvalue weighted by atomic mass is 9.77. The van der Waals surface area contributed by atoms with Crippen LogP contribution >= 0.6 is 11.9 Å². The molecule has 3 aliphatic rings. The summed E-state index contributed by atoms with van der Waals surface area (Å²) < 4.78 is 11.0. The Labute approximate surface area is 259 Å². The van der Waals surface area contributed by atoms with Crippen LogP contribution in [0.1, 0.15) is 89.6 Å². The van der Waals surface area contributed by atoms with Gasteiger partial charge in [0.15, 0.2) is 0 Å². The van der Waals surface area contributed by atoms with E-state index in [1.165, 1.54) is 19.1 Å². The van der Waals surface area contributed by atoms with E-state index >= 15 is 0 Å². The number of hydrogen-bond donors (Lipinski definition) is 2. The summed E-state index contributed by atoms with van der Waals surface area (Å²) in [6.45, 7) is 6.35. The van der Waals surface area contributed by atoms with Crippen LogP contribution in [0.5, 0.6) is 5.75 Å². The zero-order chi connectivity index (χ0) is 30.4. The summed E-state index contributed by atoms with van der Waals surface area (Å²) in [5, 5.41) is 8.40. The lowest BCUT2D eigenvalue weighted by Crippen LogP contribution is -2.41. The smallest absolute Gasteiger partial charge is 0.338 e. The number of nitrogens with one attached hydrogen (secondary N) is 1. The Bertz CT molecular complexity index is 1310. The minimum absolute atomic E-state index is 0.0396. The molecule has 232 valence electrons. The Morgan fingerprint density at radius 3 is 2.51 bits per heavy atom. The maximum Gasteiger partial charge on any atom is 0.338 e. The number of unbranched alkanes of at least 4 members (excludes halogenated alkanes) is 1. The van der Waals surface area contributed by atoms with E-state index in [1.54, 1.807) is 12.1 Å². The number of carbonyl (C=O) groups is 3. The van der Waals surface area contributed by atoms with E-state index in [2.05, 4.69) is 16.3 Å². The maximum atomic E-state index is 13.2. The van der Waals surface area contributed by atoms with E-state index in [4.69, 9.17) is 14.6 Å².